The smallest absolute Gasteiger partial charge is 0.0579 e. The molecule has 0 radical (unpaired) electrons. The first-order valence-corrected chi connectivity index (χ1v) is 7.53. The molecule has 1 spiro atoms. The van der Waals surface area contributed by atoms with Crippen LogP contribution in [0.3, 0.4) is 0 Å². The van der Waals surface area contributed by atoms with Gasteiger partial charge in [0, 0.05) is 12.7 Å². The van der Waals surface area contributed by atoms with Crippen LogP contribution in [0.1, 0.15) is 38.3 Å². The number of hydrogen-bond acceptors (Lipinski definition) is 3. The Morgan fingerprint density at radius 2 is 2.21 bits per heavy atom. The van der Waals surface area contributed by atoms with Gasteiger partial charge in [-0.25, -0.2) is 0 Å². The average Bonchev–Trinajstić information content (AvgIpc) is 2.86. The summed E-state index contributed by atoms with van der Waals surface area (Å²) in [6, 6.07) is 6.18. The third-order valence-corrected chi connectivity index (χ3v) is 4.77. The topological polar surface area (TPSA) is 25.4 Å². The fourth-order valence-electron chi connectivity index (χ4n) is 3.41. The van der Waals surface area contributed by atoms with E-state index in [4.69, 9.17) is 4.74 Å². The van der Waals surface area contributed by atoms with E-state index in [1.54, 1.807) is 0 Å². The highest BCUT2D eigenvalue weighted by Crippen LogP contribution is 2.42. The Balaban J connectivity index is 1.53. The monoisotopic (exact) mass is 260 g/mol. The first kappa shape index (κ1) is 13.1. The molecular weight excluding hydrogens is 236 g/mol. The van der Waals surface area contributed by atoms with Crippen LogP contribution in [0.25, 0.3) is 0 Å². The molecule has 0 aliphatic carbocycles. The number of aromatic nitrogens is 1. The van der Waals surface area contributed by atoms with Gasteiger partial charge in [0.1, 0.15) is 0 Å². The van der Waals surface area contributed by atoms with E-state index in [1.165, 1.54) is 44.5 Å². The van der Waals surface area contributed by atoms with Crippen molar-refractivity contribution >= 4 is 0 Å². The maximum absolute atomic E-state index is 5.92. The van der Waals surface area contributed by atoms with Crippen molar-refractivity contribution in [2.45, 2.75) is 45.3 Å². The Morgan fingerprint density at radius 3 is 2.84 bits per heavy atom. The van der Waals surface area contributed by atoms with Crippen molar-refractivity contribution < 1.29 is 4.74 Å². The molecule has 2 aliphatic heterocycles. The van der Waals surface area contributed by atoms with Gasteiger partial charge < -0.3 is 4.74 Å². The number of rotatable bonds is 3. The zero-order valence-corrected chi connectivity index (χ0v) is 11.8. The summed E-state index contributed by atoms with van der Waals surface area (Å²) in [5.41, 5.74) is 1.67. The van der Waals surface area contributed by atoms with Crippen molar-refractivity contribution in [2.24, 2.45) is 5.41 Å². The van der Waals surface area contributed by atoms with E-state index in [1.807, 2.05) is 12.3 Å². The SMILES string of the molecule is CCC1CC2(CCN(Cc3ccccn3)CC2)CO1. The van der Waals surface area contributed by atoms with Gasteiger partial charge in [0.25, 0.3) is 0 Å². The number of likely N-dealkylation sites (tertiary alicyclic amines) is 1. The van der Waals surface area contributed by atoms with Gasteiger partial charge in [0.2, 0.25) is 0 Å². The first-order valence-electron chi connectivity index (χ1n) is 7.53. The maximum atomic E-state index is 5.92. The van der Waals surface area contributed by atoms with Crippen molar-refractivity contribution in [3.63, 3.8) is 0 Å². The molecule has 0 saturated carbocycles. The summed E-state index contributed by atoms with van der Waals surface area (Å²) in [5, 5.41) is 0. The Kier molecular flexibility index (Phi) is 3.85. The van der Waals surface area contributed by atoms with Crippen LogP contribution in [0, 0.1) is 5.41 Å². The van der Waals surface area contributed by atoms with Gasteiger partial charge in [-0.3, -0.25) is 9.88 Å². The second-order valence-corrected chi connectivity index (χ2v) is 6.14. The summed E-state index contributed by atoms with van der Waals surface area (Å²) in [6.45, 7) is 6.60. The molecule has 0 N–H and O–H groups in total. The van der Waals surface area contributed by atoms with Gasteiger partial charge in [0.15, 0.2) is 0 Å². The van der Waals surface area contributed by atoms with Crippen molar-refractivity contribution in [3.8, 4) is 0 Å². The highest BCUT2D eigenvalue weighted by Gasteiger charge is 2.41. The van der Waals surface area contributed by atoms with Crippen molar-refractivity contribution in [3.05, 3.63) is 30.1 Å². The highest BCUT2D eigenvalue weighted by molar-refractivity contribution is 5.04. The molecule has 2 fully saturated rings. The molecular formula is C16H24N2O. The van der Waals surface area contributed by atoms with Crippen LogP contribution in [0.5, 0.6) is 0 Å². The van der Waals surface area contributed by atoms with E-state index in [-0.39, 0.29) is 0 Å². The van der Waals surface area contributed by atoms with Crippen LogP contribution in [0.2, 0.25) is 0 Å². The van der Waals surface area contributed by atoms with E-state index in [9.17, 15) is 0 Å². The number of pyridine rings is 1. The summed E-state index contributed by atoms with van der Waals surface area (Å²) < 4.78 is 5.92. The molecule has 3 heterocycles. The lowest BCUT2D eigenvalue weighted by Crippen LogP contribution is -2.40. The van der Waals surface area contributed by atoms with Crippen LogP contribution in [-0.4, -0.2) is 35.7 Å². The van der Waals surface area contributed by atoms with E-state index in [0.29, 0.717) is 11.5 Å². The Morgan fingerprint density at radius 1 is 1.37 bits per heavy atom. The van der Waals surface area contributed by atoms with Gasteiger partial charge in [0.05, 0.1) is 18.4 Å². The molecule has 3 heteroatoms. The largest absolute Gasteiger partial charge is 0.378 e. The molecule has 1 atom stereocenters. The molecule has 0 bridgehead atoms. The van der Waals surface area contributed by atoms with Gasteiger partial charge in [-0.05, 0) is 56.3 Å². The molecule has 2 saturated heterocycles. The predicted molar refractivity (Wildman–Crippen MR) is 75.8 cm³/mol. The van der Waals surface area contributed by atoms with Crippen LogP contribution in [0.15, 0.2) is 24.4 Å². The minimum Gasteiger partial charge on any atom is -0.378 e. The van der Waals surface area contributed by atoms with Gasteiger partial charge in [-0.1, -0.05) is 13.0 Å². The van der Waals surface area contributed by atoms with Crippen molar-refractivity contribution in [2.75, 3.05) is 19.7 Å². The molecule has 1 unspecified atom stereocenters. The molecule has 1 aromatic rings. The standard InChI is InChI=1S/C16H24N2O/c1-2-15-11-16(13-19-15)6-9-18(10-7-16)12-14-5-3-4-8-17-14/h3-5,8,15H,2,6-7,9-13H2,1H3. The van der Waals surface area contributed by atoms with Gasteiger partial charge in [-0.2, -0.15) is 0 Å². The summed E-state index contributed by atoms with van der Waals surface area (Å²) in [4.78, 5) is 6.96. The minimum absolute atomic E-state index is 0.487. The predicted octanol–water partition coefficient (Wildman–Crippen LogP) is 2.86. The number of nitrogens with zero attached hydrogens (tertiary/aromatic N) is 2. The summed E-state index contributed by atoms with van der Waals surface area (Å²) >= 11 is 0. The molecule has 104 valence electrons. The molecule has 19 heavy (non-hydrogen) atoms. The second-order valence-electron chi connectivity index (χ2n) is 6.14. The highest BCUT2D eigenvalue weighted by atomic mass is 16.5. The molecule has 1 aromatic heterocycles. The normalized spacial score (nSPS) is 26.9. The van der Waals surface area contributed by atoms with Gasteiger partial charge >= 0.3 is 0 Å². The molecule has 2 aliphatic rings. The van der Waals surface area contributed by atoms with E-state index >= 15 is 0 Å². The van der Waals surface area contributed by atoms with Crippen LogP contribution in [0.4, 0.5) is 0 Å². The molecule has 3 nitrogen and oxygen atoms in total. The zero-order chi connectivity index (χ0) is 13.1. The third-order valence-electron chi connectivity index (χ3n) is 4.77. The first-order chi connectivity index (χ1) is 9.30. The molecule has 0 amide bonds. The van der Waals surface area contributed by atoms with Crippen molar-refractivity contribution in [1.82, 2.24) is 9.88 Å². The Bertz CT molecular complexity index is 398. The second kappa shape index (κ2) is 5.59. The van der Waals surface area contributed by atoms with Gasteiger partial charge in [-0.15, -0.1) is 0 Å². The quantitative estimate of drug-likeness (QED) is 0.835. The maximum Gasteiger partial charge on any atom is 0.0579 e. The molecule has 0 aromatic carbocycles. The lowest BCUT2D eigenvalue weighted by atomic mass is 9.76. The summed E-state index contributed by atoms with van der Waals surface area (Å²) in [7, 11) is 0. The fraction of sp³-hybridized carbons (Fsp3) is 0.688. The van der Waals surface area contributed by atoms with Crippen molar-refractivity contribution in [1.29, 1.82) is 0 Å². The summed E-state index contributed by atoms with van der Waals surface area (Å²) in [5.74, 6) is 0. The lowest BCUT2D eigenvalue weighted by molar-refractivity contribution is 0.0619. The van der Waals surface area contributed by atoms with E-state index < -0.39 is 0 Å². The third kappa shape index (κ3) is 2.98. The zero-order valence-electron chi connectivity index (χ0n) is 11.8. The van der Waals surface area contributed by atoms with Crippen LogP contribution < -0.4 is 0 Å². The lowest BCUT2D eigenvalue weighted by Gasteiger charge is -2.38. The van der Waals surface area contributed by atoms with E-state index in [2.05, 4.69) is 28.9 Å². The minimum atomic E-state index is 0.487. The average molecular weight is 260 g/mol. The number of piperidine rings is 1. The Labute approximate surface area is 116 Å². The number of ether oxygens (including phenoxy) is 1. The Hall–Kier alpha value is -0.930. The molecule has 3 rings (SSSR count). The van der Waals surface area contributed by atoms with E-state index in [0.717, 1.165) is 13.2 Å². The number of hydrogen-bond donors (Lipinski definition) is 0. The fourth-order valence-corrected chi connectivity index (χ4v) is 3.41. The van der Waals surface area contributed by atoms with Crippen LogP contribution in [-0.2, 0) is 11.3 Å². The van der Waals surface area contributed by atoms with Crippen LogP contribution >= 0.6 is 0 Å². The summed E-state index contributed by atoms with van der Waals surface area (Å²) in [6.07, 6.45) is 7.42.